The molecule has 1 aliphatic carbocycles. The van der Waals surface area contributed by atoms with E-state index in [0.29, 0.717) is 23.3 Å². The van der Waals surface area contributed by atoms with E-state index in [9.17, 15) is 0 Å². The second kappa shape index (κ2) is 25.9. The van der Waals surface area contributed by atoms with Crippen LogP contribution in [0.15, 0.2) is 371 Å². The Morgan fingerprint density at radius 2 is 0.462 bits per heavy atom. The molecule has 18 aromatic rings. The van der Waals surface area contributed by atoms with E-state index in [2.05, 4.69) is 290 Å². The Morgan fingerprint density at radius 1 is 0.192 bits per heavy atom. The third-order valence-electron chi connectivity index (χ3n) is 20.3. The van der Waals surface area contributed by atoms with Crippen LogP contribution in [0, 0.1) is 0 Å². The molecule has 0 unspecified atom stereocenters. The zero-order chi connectivity index (χ0) is 68.9. The van der Waals surface area contributed by atoms with Gasteiger partial charge in [0, 0.05) is 111 Å². The largest absolute Gasteiger partial charge is 0.309 e. The van der Waals surface area contributed by atoms with Crippen molar-refractivity contribution in [2.45, 2.75) is 5.41 Å². The van der Waals surface area contributed by atoms with Gasteiger partial charge in [-0.1, -0.05) is 243 Å². The van der Waals surface area contributed by atoms with Gasteiger partial charge >= 0.3 is 0 Å². The highest BCUT2D eigenvalue weighted by molar-refractivity contribution is 6.11. The summed E-state index contributed by atoms with van der Waals surface area (Å²) in [5, 5.41) is 2.12. The Balaban J connectivity index is 0.627. The molecule has 5 aromatic heterocycles. The number of hydrogen-bond acceptors (Lipinski definition) is 8. The molecule has 0 saturated carbocycles. The number of benzene rings is 13. The highest BCUT2D eigenvalue weighted by Gasteiger charge is 2.46. The number of hydrogen-bond donors (Lipinski definition) is 0. The van der Waals surface area contributed by atoms with Crippen LogP contribution < -0.4 is 0 Å². The van der Waals surface area contributed by atoms with E-state index in [1.54, 1.807) is 0 Å². The molecule has 0 spiro atoms. The van der Waals surface area contributed by atoms with E-state index < -0.39 is 5.41 Å². The average Bonchev–Trinajstić information content (AvgIpc) is 1.54. The summed E-state index contributed by atoms with van der Waals surface area (Å²) in [6, 6.07) is 114. The minimum Gasteiger partial charge on any atom is -0.309 e. The lowest BCUT2D eigenvalue weighted by molar-refractivity contribution is 0.768. The zero-order valence-electron chi connectivity index (χ0n) is 56.2. The molecule has 486 valence electrons. The van der Waals surface area contributed by atoms with Gasteiger partial charge in [-0.05, 0) is 168 Å². The van der Waals surface area contributed by atoms with Crippen molar-refractivity contribution in [2.24, 2.45) is 0 Å². The normalized spacial score (nSPS) is 12.1. The second-order valence-electron chi connectivity index (χ2n) is 26.4. The van der Waals surface area contributed by atoms with Crippen LogP contribution in [0.1, 0.15) is 22.3 Å². The van der Waals surface area contributed by atoms with Crippen molar-refractivity contribution < 1.29 is 0 Å². The summed E-state index contributed by atoms with van der Waals surface area (Å²) < 4.78 is 2.38. The molecule has 0 radical (unpaired) electrons. The third-order valence-corrected chi connectivity index (χ3v) is 20.3. The van der Waals surface area contributed by atoms with E-state index in [0.717, 1.165) is 139 Å². The lowest BCUT2D eigenvalue weighted by Gasteiger charge is -2.34. The Morgan fingerprint density at radius 3 is 0.808 bits per heavy atom. The maximum absolute atomic E-state index is 5.08. The SMILES string of the molecule is c1ccc(-c2cnc(-c3ccc4c(c3)-c3cc(-c5ncc(-c6cccc(-c7cccc(-c8cnc(-c9ccc%10c(c9)c9cc(-c%11ncc(-c%12ccccc%12)cn%11)ccc9n%10-c9cc(-c%10ccccc%10)cc(-c%10ccccc%10)c9)nc8)c7)c6)cn5)ccc3C4(c3ccccc3)c3ccccc3)nc2)cc1. The monoisotopic (exact) mass is 1330 g/mol. The van der Waals surface area contributed by atoms with E-state index in [1.165, 1.54) is 22.3 Å². The van der Waals surface area contributed by atoms with Crippen molar-refractivity contribution in [3.63, 3.8) is 0 Å². The third kappa shape index (κ3) is 11.0. The molecule has 9 heteroatoms. The van der Waals surface area contributed by atoms with E-state index >= 15 is 0 Å². The first-order chi connectivity index (χ1) is 51.5. The van der Waals surface area contributed by atoms with Gasteiger partial charge in [0.05, 0.1) is 16.4 Å². The molecule has 0 saturated heterocycles. The van der Waals surface area contributed by atoms with Crippen LogP contribution in [0.4, 0.5) is 0 Å². The Labute approximate surface area is 601 Å². The number of aromatic nitrogens is 9. The van der Waals surface area contributed by atoms with Crippen LogP contribution in [0.2, 0.25) is 0 Å². The summed E-state index contributed by atoms with van der Waals surface area (Å²) in [5.74, 6) is 2.59. The minimum absolute atomic E-state index is 0.590. The Hall–Kier alpha value is -14.0. The highest BCUT2D eigenvalue weighted by Crippen LogP contribution is 2.57. The number of nitrogens with zero attached hydrogens (tertiary/aromatic N) is 9. The summed E-state index contributed by atoms with van der Waals surface area (Å²) in [5.41, 5.74) is 27.9. The van der Waals surface area contributed by atoms with Gasteiger partial charge in [0.25, 0.3) is 0 Å². The predicted molar refractivity (Wildman–Crippen MR) is 420 cm³/mol. The molecular weight excluding hydrogens is 1270 g/mol. The van der Waals surface area contributed by atoms with Gasteiger partial charge in [-0.15, -0.1) is 0 Å². The zero-order valence-corrected chi connectivity index (χ0v) is 56.2. The number of fused-ring (bicyclic) bond motifs is 6. The van der Waals surface area contributed by atoms with Gasteiger partial charge < -0.3 is 4.57 Å². The predicted octanol–water partition coefficient (Wildman–Crippen LogP) is 22.6. The van der Waals surface area contributed by atoms with Crippen molar-refractivity contribution in [2.75, 3.05) is 0 Å². The topological polar surface area (TPSA) is 108 Å². The van der Waals surface area contributed by atoms with Crippen LogP contribution in [0.25, 0.3) is 162 Å². The fourth-order valence-corrected chi connectivity index (χ4v) is 15.2. The van der Waals surface area contributed by atoms with Gasteiger partial charge in [0.15, 0.2) is 23.3 Å². The summed E-state index contributed by atoms with van der Waals surface area (Å²) in [7, 11) is 0. The lowest BCUT2D eigenvalue weighted by atomic mass is 9.67. The summed E-state index contributed by atoms with van der Waals surface area (Å²) in [6.07, 6.45) is 15.4. The van der Waals surface area contributed by atoms with Gasteiger partial charge in [0.2, 0.25) is 0 Å². The molecular formula is C95H61N9. The molecule has 5 heterocycles. The van der Waals surface area contributed by atoms with Crippen molar-refractivity contribution in [3.8, 4) is 140 Å². The van der Waals surface area contributed by atoms with Crippen molar-refractivity contribution in [1.29, 1.82) is 0 Å². The van der Waals surface area contributed by atoms with Crippen LogP contribution in [0.3, 0.4) is 0 Å². The molecule has 0 bridgehead atoms. The van der Waals surface area contributed by atoms with Crippen molar-refractivity contribution >= 4 is 21.8 Å². The fourth-order valence-electron chi connectivity index (χ4n) is 15.2. The van der Waals surface area contributed by atoms with E-state index in [1.807, 2.05) is 86.0 Å². The molecule has 9 nitrogen and oxygen atoms in total. The highest BCUT2D eigenvalue weighted by atomic mass is 15.0. The van der Waals surface area contributed by atoms with Crippen LogP contribution in [-0.4, -0.2) is 44.4 Å². The lowest BCUT2D eigenvalue weighted by Crippen LogP contribution is -2.28. The van der Waals surface area contributed by atoms with Gasteiger partial charge in [-0.3, -0.25) is 0 Å². The smallest absolute Gasteiger partial charge is 0.159 e. The van der Waals surface area contributed by atoms with Crippen LogP contribution >= 0.6 is 0 Å². The van der Waals surface area contributed by atoms with Crippen molar-refractivity contribution in [1.82, 2.24) is 44.4 Å². The minimum atomic E-state index is -0.590. The van der Waals surface area contributed by atoms with Gasteiger partial charge in [-0.25, -0.2) is 39.9 Å². The van der Waals surface area contributed by atoms with Gasteiger partial charge in [-0.2, -0.15) is 0 Å². The standard InChI is InChI=1S/C95H61N9/c1-7-21-62(22-8-1)74-47-75(63-23-9-2-10-24-63)49-82(48-74)104-89-43-39-72(93-98-56-77(57-99-93)65-27-13-4-14-28-65)52-85(89)86-53-73(40-44-90(86)104)94-102-60-79(61-103-94)69-32-20-30-67(46-69)66-29-19-31-68(45-66)78-58-100-92(101-59-78)71-38-42-88-84(51-71)83-50-70(91-96-54-76(55-97-91)64-25-11-3-12-26-64)37-41-87(83)95(88,80-33-15-5-16-34-80)81-35-17-6-18-36-81/h1-61H. The van der Waals surface area contributed by atoms with E-state index in [4.69, 9.17) is 39.9 Å². The summed E-state index contributed by atoms with van der Waals surface area (Å²) in [4.78, 5) is 40.0. The average molecular weight is 1330 g/mol. The van der Waals surface area contributed by atoms with Crippen LogP contribution in [-0.2, 0) is 5.41 Å². The van der Waals surface area contributed by atoms with E-state index in [-0.39, 0.29) is 0 Å². The Bertz CT molecular complexity index is 6120. The maximum atomic E-state index is 5.08. The molecule has 0 fully saturated rings. The maximum Gasteiger partial charge on any atom is 0.159 e. The molecule has 13 aromatic carbocycles. The molecule has 0 aliphatic heterocycles. The first-order valence-corrected chi connectivity index (χ1v) is 34.9. The fraction of sp³-hybridized carbons (Fsp3) is 0.0105. The summed E-state index contributed by atoms with van der Waals surface area (Å²) >= 11 is 0. The molecule has 0 N–H and O–H groups in total. The van der Waals surface area contributed by atoms with Crippen LogP contribution in [0.5, 0.6) is 0 Å². The molecule has 1 aliphatic rings. The molecule has 104 heavy (non-hydrogen) atoms. The first-order valence-electron chi connectivity index (χ1n) is 34.9. The molecule has 19 rings (SSSR count). The van der Waals surface area contributed by atoms with Gasteiger partial charge in [0.1, 0.15) is 0 Å². The molecule has 0 atom stereocenters. The second-order valence-corrected chi connectivity index (χ2v) is 26.4. The quantitative estimate of drug-likeness (QED) is 0.106. The first kappa shape index (κ1) is 61.1. The number of rotatable bonds is 14. The summed E-state index contributed by atoms with van der Waals surface area (Å²) in [6.45, 7) is 0. The molecule has 0 amide bonds. The Kier molecular flexibility index (Phi) is 15.2. The van der Waals surface area contributed by atoms with Crippen molar-refractivity contribution in [3.05, 3.63) is 393 Å².